The van der Waals surface area contributed by atoms with Gasteiger partial charge < -0.3 is 5.32 Å². The number of nitrogens with one attached hydrogen (secondary N) is 1. The molecular formula is C15H10BrCl2NO. The van der Waals surface area contributed by atoms with Crippen molar-refractivity contribution in [3.8, 4) is 0 Å². The SMILES string of the molecule is O=C(/C=C/Nc1ccc(Br)cc1Cl)c1ccc(Cl)cc1. The molecule has 0 aliphatic rings. The first-order valence-corrected chi connectivity index (χ1v) is 7.29. The Morgan fingerprint density at radius 1 is 1.10 bits per heavy atom. The molecule has 0 saturated heterocycles. The number of anilines is 1. The van der Waals surface area contributed by atoms with Gasteiger partial charge in [-0.25, -0.2) is 0 Å². The van der Waals surface area contributed by atoms with Crippen LogP contribution in [0.5, 0.6) is 0 Å². The maximum atomic E-state index is 11.9. The Labute approximate surface area is 135 Å². The van der Waals surface area contributed by atoms with Crippen LogP contribution in [0.2, 0.25) is 10.0 Å². The van der Waals surface area contributed by atoms with E-state index in [0.29, 0.717) is 15.6 Å². The minimum atomic E-state index is -0.109. The largest absolute Gasteiger partial charge is 0.360 e. The maximum Gasteiger partial charge on any atom is 0.187 e. The zero-order valence-electron chi connectivity index (χ0n) is 10.2. The van der Waals surface area contributed by atoms with Gasteiger partial charge in [-0.05, 0) is 42.5 Å². The molecular weight excluding hydrogens is 361 g/mol. The molecule has 0 bridgehead atoms. The molecule has 0 radical (unpaired) electrons. The average molecular weight is 371 g/mol. The second-order valence-electron chi connectivity index (χ2n) is 3.97. The summed E-state index contributed by atoms with van der Waals surface area (Å²) in [4.78, 5) is 11.9. The van der Waals surface area contributed by atoms with E-state index in [4.69, 9.17) is 23.2 Å². The highest BCUT2D eigenvalue weighted by Crippen LogP contribution is 2.25. The monoisotopic (exact) mass is 369 g/mol. The van der Waals surface area contributed by atoms with E-state index >= 15 is 0 Å². The minimum absolute atomic E-state index is 0.109. The van der Waals surface area contributed by atoms with Crippen LogP contribution in [0.1, 0.15) is 10.4 Å². The minimum Gasteiger partial charge on any atom is -0.360 e. The lowest BCUT2D eigenvalue weighted by atomic mass is 10.1. The van der Waals surface area contributed by atoms with Crippen molar-refractivity contribution < 1.29 is 4.79 Å². The molecule has 0 aromatic heterocycles. The topological polar surface area (TPSA) is 29.1 Å². The van der Waals surface area contributed by atoms with Crippen LogP contribution in [0.4, 0.5) is 5.69 Å². The van der Waals surface area contributed by atoms with Gasteiger partial charge >= 0.3 is 0 Å². The number of hydrogen-bond acceptors (Lipinski definition) is 2. The molecule has 2 nitrogen and oxygen atoms in total. The number of ketones is 1. The number of benzene rings is 2. The second kappa shape index (κ2) is 6.93. The summed E-state index contributed by atoms with van der Waals surface area (Å²) < 4.78 is 0.897. The fraction of sp³-hybridized carbons (Fsp3) is 0. The standard InChI is InChI=1S/C15H10BrCl2NO/c16-11-3-6-14(13(18)9-11)19-8-7-15(20)10-1-4-12(17)5-2-10/h1-9,19H/b8-7+. The van der Waals surface area contributed by atoms with Crippen LogP contribution < -0.4 is 5.32 Å². The molecule has 5 heteroatoms. The Balaban J connectivity index is 2.02. The normalized spacial score (nSPS) is 10.8. The summed E-state index contributed by atoms with van der Waals surface area (Å²) in [6.07, 6.45) is 3.01. The molecule has 0 aliphatic heterocycles. The van der Waals surface area contributed by atoms with E-state index in [-0.39, 0.29) is 5.78 Å². The third-order valence-electron chi connectivity index (χ3n) is 2.53. The van der Waals surface area contributed by atoms with Crippen LogP contribution in [-0.2, 0) is 0 Å². The number of halogens is 3. The fourth-order valence-electron chi connectivity index (χ4n) is 1.52. The maximum absolute atomic E-state index is 11.9. The van der Waals surface area contributed by atoms with Gasteiger partial charge in [-0.15, -0.1) is 0 Å². The summed E-state index contributed by atoms with van der Waals surface area (Å²) in [6, 6.07) is 12.2. The second-order valence-corrected chi connectivity index (χ2v) is 5.73. The Morgan fingerprint density at radius 2 is 1.80 bits per heavy atom. The van der Waals surface area contributed by atoms with Crippen LogP contribution in [0, 0.1) is 0 Å². The van der Waals surface area contributed by atoms with E-state index in [1.54, 1.807) is 36.5 Å². The van der Waals surface area contributed by atoms with Gasteiger partial charge in [0.05, 0.1) is 10.7 Å². The van der Waals surface area contributed by atoms with E-state index in [0.717, 1.165) is 10.2 Å². The Hall–Kier alpha value is -1.29. The van der Waals surface area contributed by atoms with Gasteiger partial charge in [0, 0.05) is 27.3 Å². The third kappa shape index (κ3) is 4.10. The van der Waals surface area contributed by atoms with E-state index in [9.17, 15) is 4.79 Å². The summed E-state index contributed by atoms with van der Waals surface area (Å²) in [5.74, 6) is -0.109. The fourth-order valence-corrected chi connectivity index (χ4v) is 2.38. The highest BCUT2D eigenvalue weighted by Gasteiger charge is 2.02. The predicted molar refractivity (Wildman–Crippen MR) is 87.7 cm³/mol. The number of carbonyl (C=O) groups is 1. The van der Waals surface area contributed by atoms with E-state index in [2.05, 4.69) is 21.2 Å². The van der Waals surface area contributed by atoms with E-state index in [1.165, 1.54) is 6.08 Å². The smallest absolute Gasteiger partial charge is 0.187 e. The molecule has 0 saturated carbocycles. The first kappa shape index (κ1) is 15.1. The Bertz CT molecular complexity index is 653. The predicted octanol–water partition coefficient (Wildman–Crippen LogP) is 5.56. The first-order valence-electron chi connectivity index (χ1n) is 5.74. The van der Waals surface area contributed by atoms with Crippen molar-refractivity contribution in [3.63, 3.8) is 0 Å². The van der Waals surface area contributed by atoms with Crippen LogP contribution in [-0.4, -0.2) is 5.78 Å². The third-order valence-corrected chi connectivity index (χ3v) is 3.59. The molecule has 2 aromatic rings. The molecule has 2 rings (SSSR count). The Kier molecular flexibility index (Phi) is 5.24. The molecule has 0 atom stereocenters. The molecule has 20 heavy (non-hydrogen) atoms. The summed E-state index contributed by atoms with van der Waals surface area (Å²) in [6.45, 7) is 0. The van der Waals surface area contributed by atoms with Crippen LogP contribution >= 0.6 is 39.1 Å². The molecule has 2 aromatic carbocycles. The summed E-state index contributed by atoms with van der Waals surface area (Å²) in [5, 5.41) is 4.15. The molecule has 0 unspecified atom stereocenters. The highest BCUT2D eigenvalue weighted by molar-refractivity contribution is 9.10. The van der Waals surface area contributed by atoms with Gasteiger partial charge in [-0.1, -0.05) is 39.1 Å². The molecule has 0 aliphatic carbocycles. The van der Waals surface area contributed by atoms with E-state index in [1.807, 2.05) is 12.1 Å². The Morgan fingerprint density at radius 3 is 2.45 bits per heavy atom. The molecule has 0 fully saturated rings. The zero-order chi connectivity index (χ0) is 14.5. The van der Waals surface area contributed by atoms with Gasteiger partial charge in [0.1, 0.15) is 0 Å². The van der Waals surface area contributed by atoms with Gasteiger partial charge in [0.25, 0.3) is 0 Å². The molecule has 1 N–H and O–H groups in total. The molecule has 102 valence electrons. The lowest BCUT2D eigenvalue weighted by Crippen LogP contribution is -1.96. The highest BCUT2D eigenvalue weighted by atomic mass is 79.9. The summed E-state index contributed by atoms with van der Waals surface area (Å²) >= 11 is 15.2. The van der Waals surface area contributed by atoms with Crippen molar-refractivity contribution in [2.24, 2.45) is 0 Å². The summed E-state index contributed by atoms with van der Waals surface area (Å²) in [7, 11) is 0. The van der Waals surface area contributed by atoms with Crippen molar-refractivity contribution in [1.29, 1.82) is 0 Å². The van der Waals surface area contributed by atoms with Crippen molar-refractivity contribution in [1.82, 2.24) is 0 Å². The van der Waals surface area contributed by atoms with Crippen LogP contribution in [0.15, 0.2) is 59.2 Å². The van der Waals surface area contributed by atoms with Crippen molar-refractivity contribution in [2.45, 2.75) is 0 Å². The quantitative estimate of drug-likeness (QED) is 0.563. The lowest BCUT2D eigenvalue weighted by molar-refractivity contribution is 0.104. The van der Waals surface area contributed by atoms with Crippen molar-refractivity contribution in [3.05, 3.63) is 74.8 Å². The average Bonchev–Trinajstić information content (AvgIpc) is 2.42. The molecule has 0 spiro atoms. The summed E-state index contributed by atoms with van der Waals surface area (Å²) in [5.41, 5.74) is 1.31. The number of allylic oxidation sites excluding steroid dienone is 1. The lowest BCUT2D eigenvalue weighted by Gasteiger charge is -2.03. The van der Waals surface area contributed by atoms with Gasteiger partial charge in [0.2, 0.25) is 0 Å². The number of hydrogen-bond donors (Lipinski definition) is 1. The van der Waals surface area contributed by atoms with Gasteiger partial charge in [-0.2, -0.15) is 0 Å². The first-order chi connectivity index (χ1) is 9.56. The van der Waals surface area contributed by atoms with Crippen LogP contribution in [0.25, 0.3) is 0 Å². The number of rotatable bonds is 4. The van der Waals surface area contributed by atoms with Crippen molar-refractivity contribution in [2.75, 3.05) is 5.32 Å². The van der Waals surface area contributed by atoms with Gasteiger partial charge in [0.15, 0.2) is 5.78 Å². The van der Waals surface area contributed by atoms with Gasteiger partial charge in [-0.3, -0.25) is 4.79 Å². The molecule has 0 amide bonds. The van der Waals surface area contributed by atoms with Crippen molar-refractivity contribution >= 4 is 50.6 Å². The molecule has 0 heterocycles. The van der Waals surface area contributed by atoms with Crippen LogP contribution in [0.3, 0.4) is 0 Å². The van der Waals surface area contributed by atoms with E-state index < -0.39 is 0 Å². The number of carbonyl (C=O) groups excluding carboxylic acids is 1. The zero-order valence-corrected chi connectivity index (χ0v) is 13.3.